The quantitative estimate of drug-likeness (QED) is 0.570. The Labute approximate surface area is 191 Å². The van der Waals surface area contributed by atoms with Crippen molar-refractivity contribution in [2.75, 3.05) is 5.75 Å². The molecule has 3 unspecified atom stereocenters. The van der Waals surface area contributed by atoms with Gasteiger partial charge in [0.15, 0.2) is 0 Å². The number of rotatable bonds is 7. The summed E-state index contributed by atoms with van der Waals surface area (Å²) in [5.41, 5.74) is -0.399. The second kappa shape index (κ2) is 8.91. The first-order valence-electron chi connectivity index (χ1n) is 10.7. The second-order valence-corrected chi connectivity index (χ2v) is 12.8. The van der Waals surface area contributed by atoms with Crippen molar-refractivity contribution >= 4 is 34.7 Å². The molecule has 1 saturated carbocycles. The normalized spacial score (nSPS) is 26.6. The minimum Gasteiger partial charge on any atom is -0.616 e. The molecule has 1 aromatic carbocycles. The first-order valence-corrected chi connectivity index (χ1v) is 12.4. The molecule has 1 aliphatic carbocycles. The molecule has 1 saturated heterocycles. The predicted molar refractivity (Wildman–Crippen MR) is 120 cm³/mol. The first kappa shape index (κ1) is 24.3. The van der Waals surface area contributed by atoms with Crippen LogP contribution in [0.2, 0.25) is 5.02 Å². The van der Waals surface area contributed by atoms with Gasteiger partial charge in [-0.05, 0) is 81.2 Å². The number of carbonyl (C=O) groups is 2. The van der Waals surface area contributed by atoms with Crippen LogP contribution in [0.25, 0.3) is 0 Å². The summed E-state index contributed by atoms with van der Waals surface area (Å²) in [4.78, 5) is 27.0. The van der Waals surface area contributed by atoms with Gasteiger partial charge in [-0.1, -0.05) is 24.6 Å². The zero-order valence-electron chi connectivity index (χ0n) is 18.5. The number of benzene rings is 1. The van der Waals surface area contributed by atoms with E-state index >= 15 is 0 Å². The van der Waals surface area contributed by atoms with Crippen molar-refractivity contribution in [2.45, 2.75) is 76.6 Å². The van der Waals surface area contributed by atoms with E-state index in [9.17, 15) is 23.6 Å². The van der Waals surface area contributed by atoms with Crippen LogP contribution in [-0.4, -0.2) is 43.0 Å². The highest BCUT2D eigenvalue weighted by molar-refractivity contribution is 7.92. The van der Waals surface area contributed by atoms with Crippen molar-refractivity contribution in [3.63, 3.8) is 0 Å². The lowest BCUT2D eigenvalue weighted by Crippen LogP contribution is -2.56. The number of hydrogen-bond donors (Lipinski definition) is 1. The van der Waals surface area contributed by atoms with Crippen LogP contribution >= 0.6 is 11.6 Å². The summed E-state index contributed by atoms with van der Waals surface area (Å²) in [5.74, 6) is -1.26. The van der Waals surface area contributed by atoms with Gasteiger partial charge in [-0.15, -0.1) is 0 Å². The van der Waals surface area contributed by atoms with Gasteiger partial charge in [-0.25, -0.2) is 4.39 Å². The van der Waals surface area contributed by atoms with Crippen molar-refractivity contribution in [1.29, 1.82) is 0 Å². The van der Waals surface area contributed by atoms with Gasteiger partial charge in [0.25, 0.3) is 0 Å². The van der Waals surface area contributed by atoms with Crippen LogP contribution < -0.4 is 0 Å². The molecule has 2 fully saturated rings. The molecule has 1 N–H and O–H groups in total. The molecule has 5 nitrogen and oxygen atoms in total. The number of halogens is 2. The van der Waals surface area contributed by atoms with E-state index in [1.807, 2.05) is 20.8 Å². The molecule has 31 heavy (non-hydrogen) atoms. The summed E-state index contributed by atoms with van der Waals surface area (Å²) in [6, 6.07) is 3.89. The lowest BCUT2D eigenvalue weighted by atomic mass is 9.74. The van der Waals surface area contributed by atoms with Gasteiger partial charge in [0.2, 0.25) is 5.91 Å². The van der Waals surface area contributed by atoms with E-state index in [1.165, 1.54) is 12.1 Å². The molecule has 1 amide bonds. The van der Waals surface area contributed by atoms with Crippen molar-refractivity contribution < 1.29 is 23.6 Å². The fourth-order valence-electron chi connectivity index (χ4n) is 4.41. The van der Waals surface area contributed by atoms with Gasteiger partial charge in [-0.2, -0.15) is 0 Å². The molecule has 1 aliphatic heterocycles. The number of carbonyl (C=O) groups excluding carboxylic acids is 1. The van der Waals surface area contributed by atoms with Crippen LogP contribution in [0.5, 0.6) is 0 Å². The van der Waals surface area contributed by atoms with E-state index in [1.54, 1.807) is 17.9 Å². The van der Waals surface area contributed by atoms with Crippen LogP contribution in [0.4, 0.5) is 4.39 Å². The van der Waals surface area contributed by atoms with E-state index in [-0.39, 0.29) is 29.3 Å². The number of nitrogens with zero attached hydrogens (tertiary/aromatic N) is 1. The Kier molecular flexibility index (Phi) is 6.99. The number of aliphatic carboxylic acids is 1. The fraction of sp³-hybridized carbons (Fsp3) is 0.652. The highest BCUT2D eigenvalue weighted by Gasteiger charge is 2.52. The predicted octanol–water partition coefficient (Wildman–Crippen LogP) is 4.95. The maximum atomic E-state index is 14.3. The molecular weight excluding hydrogens is 441 g/mol. The van der Waals surface area contributed by atoms with Gasteiger partial charge >= 0.3 is 5.97 Å². The maximum absolute atomic E-state index is 14.3. The minimum absolute atomic E-state index is 0.0146. The Bertz CT molecular complexity index is 856. The summed E-state index contributed by atoms with van der Waals surface area (Å²) in [5, 5.41) is 9.43. The van der Waals surface area contributed by atoms with E-state index in [0.29, 0.717) is 24.2 Å². The zero-order chi connectivity index (χ0) is 23.1. The summed E-state index contributed by atoms with van der Waals surface area (Å²) in [7, 11) is 0. The smallest absolute Gasteiger partial charge is 0.304 e. The molecule has 4 atom stereocenters. The minimum atomic E-state index is -1.18. The van der Waals surface area contributed by atoms with Crippen LogP contribution in [0.1, 0.15) is 71.4 Å². The Morgan fingerprint density at radius 2 is 2.03 bits per heavy atom. The molecule has 8 heteroatoms. The van der Waals surface area contributed by atoms with Crippen molar-refractivity contribution in [3.8, 4) is 0 Å². The SMILES string of the molecule is CC(C)(C)[S+]([O-])CC(C1CC1)N1C(=O)[C@@](C)(CC(=O)O)CCC1c1ccc(Cl)c(F)c1. The summed E-state index contributed by atoms with van der Waals surface area (Å²) in [6.45, 7) is 7.42. The van der Waals surface area contributed by atoms with Crippen molar-refractivity contribution in [1.82, 2.24) is 4.90 Å². The zero-order valence-corrected chi connectivity index (χ0v) is 20.1. The number of piperidine rings is 1. The summed E-state index contributed by atoms with van der Waals surface area (Å²) < 4.78 is 26.9. The molecule has 1 heterocycles. The molecule has 3 rings (SSSR count). The standard InChI is InChI=1S/C23H31ClFNO4S/c1-22(2,3)31(30)13-19(14-5-6-14)26-18(15-7-8-16(24)17(25)11-15)9-10-23(4,21(26)29)12-20(27)28/h7-8,11,14,18-19H,5-6,9-10,12-13H2,1-4H3,(H,27,28)/t18?,19?,23-,31?/m1/s1. The van der Waals surface area contributed by atoms with Crippen LogP contribution in [0.15, 0.2) is 18.2 Å². The van der Waals surface area contributed by atoms with E-state index in [0.717, 1.165) is 12.8 Å². The summed E-state index contributed by atoms with van der Waals surface area (Å²) in [6.07, 6.45) is 2.52. The van der Waals surface area contributed by atoms with Gasteiger partial charge in [0, 0.05) is 0 Å². The Morgan fingerprint density at radius 1 is 1.39 bits per heavy atom. The maximum Gasteiger partial charge on any atom is 0.304 e. The molecule has 0 aromatic heterocycles. The second-order valence-electron chi connectivity index (χ2n) is 10.1. The molecular formula is C23H31ClFNO4S. The average Bonchev–Trinajstić information content (AvgIpc) is 3.48. The van der Waals surface area contributed by atoms with Crippen LogP contribution in [0.3, 0.4) is 0 Å². The van der Waals surface area contributed by atoms with Gasteiger partial charge < -0.3 is 14.6 Å². The number of amides is 1. The van der Waals surface area contributed by atoms with E-state index in [4.69, 9.17) is 11.6 Å². The van der Waals surface area contributed by atoms with Crippen LogP contribution in [0, 0.1) is 17.2 Å². The number of carboxylic acids is 1. The first-order chi connectivity index (χ1) is 14.3. The monoisotopic (exact) mass is 471 g/mol. The molecule has 0 spiro atoms. The highest BCUT2D eigenvalue weighted by atomic mass is 35.5. The lowest BCUT2D eigenvalue weighted by Gasteiger charge is -2.48. The Hall–Kier alpha value is -1.31. The molecule has 172 valence electrons. The number of hydrogen-bond acceptors (Lipinski definition) is 3. The molecule has 1 aromatic rings. The van der Waals surface area contributed by atoms with E-state index < -0.39 is 39.2 Å². The third-order valence-electron chi connectivity index (χ3n) is 6.45. The average molecular weight is 472 g/mol. The number of likely N-dealkylation sites (tertiary alicyclic amines) is 1. The largest absolute Gasteiger partial charge is 0.616 e. The third-order valence-corrected chi connectivity index (χ3v) is 8.77. The van der Waals surface area contributed by atoms with Gasteiger partial charge in [-0.3, -0.25) is 9.59 Å². The van der Waals surface area contributed by atoms with E-state index in [2.05, 4.69) is 0 Å². The Balaban J connectivity index is 2.02. The lowest BCUT2D eigenvalue weighted by molar-refractivity contribution is -0.159. The third kappa shape index (κ3) is 5.37. The summed E-state index contributed by atoms with van der Waals surface area (Å²) >= 11 is 4.68. The fourth-order valence-corrected chi connectivity index (χ4v) is 5.77. The van der Waals surface area contributed by atoms with Gasteiger partial charge in [0.05, 0.1) is 28.9 Å². The molecule has 0 bridgehead atoms. The highest BCUT2D eigenvalue weighted by Crippen LogP contribution is 2.48. The van der Waals surface area contributed by atoms with Crippen molar-refractivity contribution in [3.05, 3.63) is 34.6 Å². The Morgan fingerprint density at radius 3 is 2.55 bits per heavy atom. The molecule has 0 radical (unpaired) electrons. The topological polar surface area (TPSA) is 80.7 Å². The van der Waals surface area contributed by atoms with Crippen molar-refractivity contribution in [2.24, 2.45) is 11.3 Å². The van der Waals surface area contributed by atoms with Gasteiger partial charge in [0.1, 0.15) is 16.3 Å². The molecule has 2 aliphatic rings. The number of carboxylic acid groups (broad SMARTS) is 1. The van der Waals surface area contributed by atoms with Crippen LogP contribution in [-0.2, 0) is 20.8 Å².